The second kappa shape index (κ2) is 10.1. The molecule has 8 nitrogen and oxygen atoms in total. The van der Waals surface area contributed by atoms with Crippen molar-refractivity contribution in [1.29, 1.82) is 0 Å². The number of nitrogens with zero attached hydrogens (tertiary/aromatic N) is 1. The van der Waals surface area contributed by atoms with E-state index in [9.17, 15) is 13.4 Å². The van der Waals surface area contributed by atoms with Gasteiger partial charge >= 0.3 is 0 Å². The highest BCUT2D eigenvalue weighted by atomic mass is 32.2. The summed E-state index contributed by atoms with van der Waals surface area (Å²) in [5.41, 5.74) is 10.7. The third-order valence-electron chi connectivity index (χ3n) is 6.71. The molecule has 0 spiro atoms. The summed E-state index contributed by atoms with van der Waals surface area (Å²) >= 11 is 0. The standard InChI is InChI=1S/C27H24FN5O.CH5NOS/c28-18-7-8-23-22(12-18)24(9-10-30-23)31-19-4-1-3-17(11-19)25(34)32-20-5-2-6-21(13-20)33-27-14-26(29,15-27)16-27;1-4(2)3/h1-13,33H,14-16,29H2,(H,30,31)(H,32,34);2H2,1H3. The molecule has 7 rings (SSSR count). The molecule has 38 heavy (non-hydrogen) atoms. The summed E-state index contributed by atoms with van der Waals surface area (Å²) in [4.78, 5) is 17.2. The summed E-state index contributed by atoms with van der Waals surface area (Å²) in [6, 6.07) is 21.2. The van der Waals surface area contributed by atoms with Crippen molar-refractivity contribution in [3.63, 3.8) is 0 Å². The number of carbonyl (C=O) groups is 1. The lowest BCUT2D eigenvalue weighted by atomic mass is 9.44. The molecular weight excluding hydrogens is 503 g/mol. The van der Waals surface area contributed by atoms with Crippen molar-refractivity contribution < 1.29 is 13.4 Å². The summed E-state index contributed by atoms with van der Waals surface area (Å²) < 4.78 is 23.1. The number of rotatable bonds is 6. The van der Waals surface area contributed by atoms with Crippen LogP contribution >= 0.6 is 0 Å². The Kier molecular flexibility index (Phi) is 6.87. The van der Waals surface area contributed by atoms with E-state index in [4.69, 9.17) is 5.73 Å². The Morgan fingerprint density at radius 1 is 0.974 bits per heavy atom. The average molecular weight is 533 g/mol. The first-order chi connectivity index (χ1) is 18.1. The lowest BCUT2D eigenvalue weighted by Gasteiger charge is -2.69. The monoisotopic (exact) mass is 532 g/mol. The molecule has 7 N–H and O–H groups in total. The number of anilines is 4. The van der Waals surface area contributed by atoms with E-state index in [-0.39, 0.29) is 22.8 Å². The molecule has 1 heterocycles. The minimum absolute atomic E-state index is 0.0363. The van der Waals surface area contributed by atoms with Crippen LogP contribution in [0.5, 0.6) is 0 Å². The van der Waals surface area contributed by atoms with Gasteiger partial charge in [-0.15, -0.1) is 0 Å². The first-order valence-electron chi connectivity index (χ1n) is 12.1. The Labute approximate surface area is 222 Å². The molecule has 3 saturated carbocycles. The second-order valence-electron chi connectivity index (χ2n) is 10.1. The molecule has 1 atom stereocenters. The molecule has 2 bridgehead atoms. The van der Waals surface area contributed by atoms with Crippen LogP contribution < -0.4 is 26.8 Å². The van der Waals surface area contributed by atoms with E-state index in [1.807, 2.05) is 36.4 Å². The summed E-state index contributed by atoms with van der Waals surface area (Å²) in [5, 5.41) is 15.1. The highest BCUT2D eigenvalue weighted by Gasteiger charge is 2.66. The quantitative estimate of drug-likeness (QED) is 0.245. The third-order valence-corrected chi connectivity index (χ3v) is 6.71. The van der Waals surface area contributed by atoms with Crippen molar-refractivity contribution >= 4 is 50.5 Å². The Bertz CT molecular complexity index is 1520. The first-order valence-corrected chi connectivity index (χ1v) is 13.7. The fourth-order valence-electron chi connectivity index (χ4n) is 5.30. The molecule has 10 heteroatoms. The number of halogens is 1. The molecular formula is C28H29FN6O2S. The largest absolute Gasteiger partial charge is 0.379 e. The van der Waals surface area contributed by atoms with E-state index in [2.05, 4.69) is 26.1 Å². The number of carbonyl (C=O) groups excluding carboxylic acids is 1. The van der Waals surface area contributed by atoms with Gasteiger partial charge in [0, 0.05) is 57.2 Å². The van der Waals surface area contributed by atoms with E-state index >= 15 is 0 Å². The Balaban J connectivity index is 0.000000689. The zero-order valence-electron chi connectivity index (χ0n) is 20.8. The van der Waals surface area contributed by atoms with E-state index in [0.29, 0.717) is 22.2 Å². The van der Waals surface area contributed by atoms with Crippen LogP contribution in [0.1, 0.15) is 29.6 Å². The molecule has 1 amide bonds. The minimum Gasteiger partial charge on any atom is -0.379 e. The topological polar surface area (TPSA) is 135 Å². The van der Waals surface area contributed by atoms with E-state index in [1.165, 1.54) is 18.4 Å². The fraction of sp³-hybridized carbons (Fsp3) is 0.214. The van der Waals surface area contributed by atoms with Crippen LogP contribution in [-0.2, 0) is 11.0 Å². The van der Waals surface area contributed by atoms with Gasteiger partial charge < -0.3 is 21.7 Å². The number of aromatic nitrogens is 1. The molecule has 0 saturated heterocycles. The second-order valence-corrected chi connectivity index (χ2v) is 11.1. The van der Waals surface area contributed by atoms with E-state index in [0.717, 1.165) is 36.3 Å². The van der Waals surface area contributed by atoms with Crippen LogP contribution in [0.3, 0.4) is 0 Å². The zero-order chi connectivity index (χ0) is 26.9. The lowest BCUT2D eigenvalue weighted by molar-refractivity contribution is -0.0317. The van der Waals surface area contributed by atoms with Gasteiger partial charge in [0.2, 0.25) is 0 Å². The number of amides is 1. The molecule has 1 unspecified atom stereocenters. The SMILES string of the molecule is CS(N)=O.NC12CC(Nc3cccc(NC(=O)c4cccc(Nc5ccnc6ccc(F)cc56)c4)c3)(C1)C2. The summed E-state index contributed by atoms with van der Waals surface area (Å²) in [5.74, 6) is -0.539. The smallest absolute Gasteiger partial charge is 0.255 e. The lowest BCUT2D eigenvalue weighted by Crippen LogP contribution is -2.79. The third kappa shape index (κ3) is 5.67. The number of nitrogens with two attached hydrogens (primary N) is 2. The first kappa shape index (κ1) is 25.8. The van der Waals surface area contributed by atoms with Gasteiger partial charge in [0.25, 0.3) is 5.91 Å². The highest BCUT2D eigenvalue weighted by molar-refractivity contribution is 7.81. The van der Waals surface area contributed by atoms with Crippen molar-refractivity contribution in [3.05, 3.63) is 90.4 Å². The maximum absolute atomic E-state index is 13.8. The maximum atomic E-state index is 13.8. The van der Waals surface area contributed by atoms with Gasteiger partial charge in [0.05, 0.1) is 16.5 Å². The van der Waals surface area contributed by atoms with Crippen LogP contribution in [0.15, 0.2) is 79.0 Å². The van der Waals surface area contributed by atoms with E-state index < -0.39 is 11.0 Å². The minimum atomic E-state index is -1.11. The molecule has 3 fully saturated rings. The Hall–Kier alpha value is -3.86. The van der Waals surface area contributed by atoms with Crippen molar-refractivity contribution in [2.75, 3.05) is 22.2 Å². The normalized spacial score (nSPS) is 21.7. The zero-order valence-corrected chi connectivity index (χ0v) is 21.6. The fourth-order valence-corrected chi connectivity index (χ4v) is 5.30. The predicted octanol–water partition coefficient (Wildman–Crippen LogP) is 4.65. The number of benzene rings is 3. The number of hydrogen-bond acceptors (Lipinski definition) is 6. The van der Waals surface area contributed by atoms with Crippen LogP contribution in [0.4, 0.5) is 27.1 Å². The van der Waals surface area contributed by atoms with Crippen molar-refractivity contribution in [2.24, 2.45) is 10.9 Å². The summed E-state index contributed by atoms with van der Waals surface area (Å²) in [7, 11) is -1.11. The summed E-state index contributed by atoms with van der Waals surface area (Å²) in [6.07, 6.45) is 6.07. The molecule has 3 aromatic carbocycles. The highest BCUT2D eigenvalue weighted by Crippen LogP contribution is 2.60. The molecule has 4 aromatic rings. The number of hydrogen-bond donors (Lipinski definition) is 5. The van der Waals surface area contributed by atoms with Gasteiger partial charge in [-0.25, -0.2) is 8.60 Å². The predicted molar refractivity (Wildman–Crippen MR) is 151 cm³/mol. The Morgan fingerprint density at radius 3 is 2.39 bits per heavy atom. The van der Waals surface area contributed by atoms with Gasteiger partial charge in [0.1, 0.15) is 5.82 Å². The average Bonchev–Trinajstić information content (AvgIpc) is 2.83. The molecule has 3 aliphatic carbocycles. The number of pyridine rings is 1. The van der Waals surface area contributed by atoms with Gasteiger partial charge in [-0.05, 0) is 79.9 Å². The molecule has 3 aliphatic rings. The number of nitrogens with one attached hydrogen (secondary N) is 3. The van der Waals surface area contributed by atoms with Crippen molar-refractivity contribution in [1.82, 2.24) is 4.98 Å². The Morgan fingerprint density at radius 2 is 1.66 bits per heavy atom. The van der Waals surface area contributed by atoms with Gasteiger partial charge in [-0.1, -0.05) is 12.1 Å². The maximum Gasteiger partial charge on any atom is 0.255 e. The van der Waals surface area contributed by atoms with Crippen LogP contribution in [-0.4, -0.2) is 32.4 Å². The molecule has 0 radical (unpaired) electrons. The van der Waals surface area contributed by atoms with Crippen molar-refractivity contribution in [2.45, 2.75) is 30.3 Å². The molecule has 0 aliphatic heterocycles. The van der Waals surface area contributed by atoms with Crippen LogP contribution in [0.25, 0.3) is 10.9 Å². The van der Waals surface area contributed by atoms with Crippen LogP contribution in [0.2, 0.25) is 0 Å². The van der Waals surface area contributed by atoms with Gasteiger partial charge in [-0.3, -0.25) is 14.9 Å². The molecule has 196 valence electrons. The van der Waals surface area contributed by atoms with E-state index in [1.54, 1.807) is 30.5 Å². The number of fused-ring (bicyclic) bond motifs is 1. The van der Waals surface area contributed by atoms with Gasteiger partial charge in [0.15, 0.2) is 0 Å². The summed E-state index contributed by atoms with van der Waals surface area (Å²) in [6.45, 7) is 0. The molecule has 1 aromatic heterocycles. The van der Waals surface area contributed by atoms with Crippen molar-refractivity contribution in [3.8, 4) is 0 Å². The van der Waals surface area contributed by atoms with Gasteiger partial charge in [-0.2, -0.15) is 0 Å². The van der Waals surface area contributed by atoms with Crippen LogP contribution in [0, 0.1) is 5.82 Å².